The smallest absolute Gasteiger partial charge is 0.405 e. The summed E-state index contributed by atoms with van der Waals surface area (Å²) in [6.07, 6.45) is -3.03. The van der Waals surface area contributed by atoms with Crippen LogP contribution in [-0.4, -0.2) is 26.6 Å². The Bertz CT molecular complexity index is 431. The Morgan fingerprint density at radius 1 is 1.25 bits per heavy atom. The zero-order valence-corrected chi connectivity index (χ0v) is 11.2. The molecule has 0 amide bonds. The van der Waals surface area contributed by atoms with E-state index in [1.165, 1.54) is 6.07 Å². The van der Waals surface area contributed by atoms with Gasteiger partial charge in [0.1, 0.15) is 5.75 Å². The summed E-state index contributed by atoms with van der Waals surface area (Å²) >= 11 is 0. The molecule has 6 heteroatoms. The Kier molecular flexibility index (Phi) is 4.88. The molecule has 0 bridgehead atoms. The number of hydrogen-bond acceptors (Lipinski definition) is 3. The van der Waals surface area contributed by atoms with Crippen molar-refractivity contribution in [3.05, 3.63) is 29.8 Å². The van der Waals surface area contributed by atoms with Crippen molar-refractivity contribution < 1.29 is 22.6 Å². The van der Waals surface area contributed by atoms with Crippen LogP contribution in [0.25, 0.3) is 0 Å². The first kappa shape index (κ1) is 15.1. The van der Waals surface area contributed by atoms with E-state index in [1.807, 2.05) is 0 Å². The Morgan fingerprint density at radius 2 is 1.90 bits per heavy atom. The molecule has 1 fully saturated rings. The first-order chi connectivity index (χ1) is 9.51. The molecular formula is C14H18F3NO2. The minimum absolute atomic E-state index is 0.133. The second kappa shape index (κ2) is 6.45. The van der Waals surface area contributed by atoms with E-state index in [9.17, 15) is 13.2 Å². The van der Waals surface area contributed by atoms with E-state index in [0.29, 0.717) is 18.8 Å². The van der Waals surface area contributed by atoms with Crippen LogP contribution in [0.1, 0.15) is 24.4 Å². The Morgan fingerprint density at radius 3 is 2.50 bits per heavy atom. The van der Waals surface area contributed by atoms with Crippen molar-refractivity contribution in [2.75, 3.05) is 20.3 Å². The molecule has 1 aliphatic rings. The summed E-state index contributed by atoms with van der Waals surface area (Å²) in [5.74, 6) is 0.109. The SMILES string of the molecule is CNC(c1ccccc1OC(F)(F)F)C1CCOCC1. The highest BCUT2D eigenvalue weighted by Gasteiger charge is 2.34. The normalized spacial score (nSPS) is 18.8. The summed E-state index contributed by atoms with van der Waals surface area (Å²) < 4.78 is 46.8. The van der Waals surface area contributed by atoms with Gasteiger partial charge in [0.05, 0.1) is 0 Å². The van der Waals surface area contributed by atoms with Crippen LogP contribution in [-0.2, 0) is 4.74 Å². The zero-order chi connectivity index (χ0) is 14.6. The maximum Gasteiger partial charge on any atom is 0.573 e. The number of para-hydroxylation sites is 1. The van der Waals surface area contributed by atoms with Crippen LogP contribution in [0.2, 0.25) is 0 Å². The summed E-state index contributed by atoms with van der Waals surface area (Å²) in [4.78, 5) is 0. The van der Waals surface area contributed by atoms with E-state index in [-0.39, 0.29) is 17.7 Å². The summed E-state index contributed by atoms with van der Waals surface area (Å²) in [6, 6.07) is 6.13. The fraction of sp³-hybridized carbons (Fsp3) is 0.571. The van der Waals surface area contributed by atoms with E-state index in [1.54, 1.807) is 25.2 Å². The number of hydrogen-bond donors (Lipinski definition) is 1. The van der Waals surface area contributed by atoms with Gasteiger partial charge in [0.25, 0.3) is 0 Å². The third-order valence-electron chi connectivity index (χ3n) is 3.53. The minimum atomic E-state index is -4.68. The third kappa shape index (κ3) is 3.86. The lowest BCUT2D eigenvalue weighted by molar-refractivity contribution is -0.275. The maximum absolute atomic E-state index is 12.5. The molecule has 1 atom stereocenters. The minimum Gasteiger partial charge on any atom is -0.405 e. The van der Waals surface area contributed by atoms with Crippen molar-refractivity contribution >= 4 is 0 Å². The molecule has 20 heavy (non-hydrogen) atoms. The average Bonchev–Trinajstić information content (AvgIpc) is 2.41. The van der Waals surface area contributed by atoms with Gasteiger partial charge in [0, 0.05) is 24.8 Å². The zero-order valence-electron chi connectivity index (χ0n) is 11.2. The van der Waals surface area contributed by atoms with Gasteiger partial charge in [-0.1, -0.05) is 18.2 Å². The number of alkyl halides is 3. The number of ether oxygens (including phenoxy) is 2. The molecule has 1 saturated heterocycles. The van der Waals surface area contributed by atoms with Crippen LogP contribution in [0.3, 0.4) is 0 Å². The van der Waals surface area contributed by atoms with Gasteiger partial charge in [0.2, 0.25) is 0 Å². The molecule has 1 aliphatic heterocycles. The van der Waals surface area contributed by atoms with Crippen LogP contribution in [0.15, 0.2) is 24.3 Å². The van der Waals surface area contributed by atoms with Gasteiger partial charge in [-0.25, -0.2) is 0 Å². The first-order valence-corrected chi connectivity index (χ1v) is 6.61. The molecule has 1 aromatic carbocycles. The summed E-state index contributed by atoms with van der Waals surface area (Å²) in [5.41, 5.74) is 0.541. The second-order valence-electron chi connectivity index (χ2n) is 4.80. The number of nitrogens with one attached hydrogen (secondary N) is 1. The van der Waals surface area contributed by atoms with Crippen LogP contribution in [0.4, 0.5) is 13.2 Å². The van der Waals surface area contributed by atoms with Crippen molar-refractivity contribution in [2.24, 2.45) is 5.92 Å². The molecule has 2 rings (SSSR count). The molecule has 0 aliphatic carbocycles. The molecule has 1 N–H and O–H groups in total. The summed E-state index contributed by atoms with van der Waals surface area (Å²) in [7, 11) is 1.75. The average molecular weight is 289 g/mol. The molecule has 0 spiro atoms. The van der Waals surface area contributed by atoms with Crippen LogP contribution in [0.5, 0.6) is 5.75 Å². The Labute approximate surface area is 116 Å². The molecule has 0 radical (unpaired) electrons. The van der Waals surface area contributed by atoms with E-state index >= 15 is 0 Å². The van der Waals surface area contributed by atoms with Gasteiger partial charge in [-0.15, -0.1) is 13.2 Å². The van der Waals surface area contributed by atoms with E-state index in [0.717, 1.165) is 12.8 Å². The summed E-state index contributed by atoms with van der Waals surface area (Å²) in [6.45, 7) is 1.29. The van der Waals surface area contributed by atoms with Gasteiger partial charge in [0.15, 0.2) is 0 Å². The maximum atomic E-state index is 12.5. The highest BCUT2D eigenvalue weighted by atomic mass is 19.4. The lowest BCUT2D eigenvalue weighted by atomic mass is 9.87. The lowest BCUT2D eigenvalue weighted by Crippen LogP contribution is -2.31. The topological polar surface area (TPSA) is 30.5 Å². The Balaban J connectivity index is 2.24. The van der Waals surface area contributed by atoms with E-state index in [4.69, 9.17) is 4.74 Å². The van der Waals surface area contributed by atoms with Gasteiger partial charge < -0.3 is 14.8 Å². The molecule has 1 heterocycles. The highest BCUT2D eigenvalue weighted by molar-refractivity contribution is 5.36. The van der Waals surface area contributed by atoms with Crippen molar-refractivity contribution in [1.29, 1.82) is 0 Å². The van der Waals surface area contributed by atoms with Gasteiger partial charge in [-0.3, -0.25) is 0 Å². The molecule has 1 unspecified atom stereocenters. The van der Waals surface area contributed by atoms with Crippen LogP contribution in [0, 0.1) is 5.92 Å². The third-order valence-corrected chi connectivity index (χ3v) is 3.53. The van der Waals surface area contributed by atoms with Crippen LogP contribution < -0.4 is 10.1 Å². The monoisotopic (exact) mass is 289 g/mol. The fourth-order valence-corrected chi connectivity index (χ4v) is 2.65. The predicted molar refractivity (Wildman–Crippen MR) is 68.5 cm³/mol. The largest absolute Gasteiger partial charge is 0.573 e. The molecule has 1 aromatic rings. The molecule has 3 nitrogen and oxygen atoms in total. The quantitative estimate of drug-likeness (QED) is 0.922. The molecule has 0 aromatic heterocycles. The number of benzene rings is 1. The van der Waals surface area contributed by atoms with Gasteiger partial charge in [-0.05, 0) is 31.9 Å². The standard InChI is InChI=1S/C14H18F3NO2/c1-18-13(10-6-8-19-9-7-10)11-4-2-3-5-12(11)20-14(15,16)17/h2-5,10,13,18H,6-9H2,1H3. The van der Waals surface area contributed by atoms with Crippen molar-refractivity contribution in [1.82, 2.24) is 5.32 Å². The van der Waals surface area contributed by atoms with Crippen molar-refractivity contribution in [3.8, 4) is 5.75 Å². The Hall–Kier alpha value is -1.27. The summed E-state index contributed by atoms with van der Waals surface area (Å²) in [5, 5.41) is 3.11. The van der Waals surface area contributed by atoms with Crippen LogP contribution >= 0.6 is 0 Å². The van der Waals surface area contributed by atoms with Crippen molar-refractivity contribution in [2.45, 2.75) is 25.2 Å². The number of rotatable bonds is 4. The highest BCUT2D eigenvalue weighted by Crippen LogP contribution is 2.36. The number of halogens is 3. The second-order valence-corrected chi connectivity index (χ2v) is 4.80. The fourth-order valence-electron chi connectivity index (χ4n) is 2.65. The van der Waals surface area contributed by atoms with E-state index < -0.39 is 6.36 Å². The van der Waals surface area contributed by atoms with Gasteiger partial charge in [-0.2, -0.15) is 0 Å². The predicted octanol–water partition coefficient (Wildman–Crippen LogP) is 3.27. The molecule has 0 saturated carbocycles. The van der Waals surface area contributed by atoms with Crippen molar-refractivity contribution in [3.63, 3.8) is 0 Å². The van der Waals surface area contributed by atoms with E-state index in [2.05, 4.69) is 10.1 Å². The lowest BCUT2D eigenvalue weighted by Gasteiger charge is -2.31. The molecule has 112 valence electrons. The first-order valence-electron chi connectivity index (χ1n) is 6.61. The van der Waals surface area contributed by atoms with Gasteiger partial charge >= 0.3 is 6.36 Å². The molecular weight excluding hydrogens is 271 g/mol.